The van der Waals surface area contributed by atoms with Gasteiger partial charge in [-0.15, -0.1) is 0 Å². The van der Waals surface area contributed by atoms with Crippen LogP contribution in [-0.4, -0.2) is 46.5 Å². The van der Waals surface area contributed by atoms with Crippen molar-refractivity contribution in [2.45, 2.75) is 59.8 Å². The lowest BCUT2D eigenvalue weighted by molar-refractivity contribution is -0.126. The van der Waals surface area contributed by atoms with E-state index >= 15 is 0 Å². The van der Waals surface area contributed by atoms with E-state index in [0.29, 0.717) is 12.1 Å². The lowest BCUT2D eigenvalue weighted by Crippen LogP contribution is -2.49. The van der Waals surface area contributed by atoms with E-state index in [1.165, 1.54) is 17.2 Å². The van der Waals surface area contributed by atoms with Crippen molar-refractivity contribution in [1.82, 2.24) is 9.88 Å². The maximum absolute atomic E-state index is 12.6. The first-order valence-electron chi connectivity index (χ1n) is 10.6. The van der Waals surface area contributed by atoms with Gasteiger partial charge in [-0.1, -0.05) is 0 Å². The van der Waals surface area contributed by atoms with E-state index in [9.17, 15) is 14.4 Å². The molecule has 1 atom stereocenters. The Morgan fingerprint density at radius 2 is 2.00 bits per heavy atom. The molecule has 0 aliphatic carbocycles. The average Bonchev–Trinajstić information content (AvgIpc) is 3.03. The Bertz CT molecular complexity index is 1110. The second-order valence-electron chi connectivity index (χ2n) is 9.00. The van der Waals surface area contributed by atoms with Gasteiger partial charge in [-0.05, 0) is 70.4 Å². The monoisotopic (exact) mass is 455 g/mol. The molecule has 0 radical (unpaired) electrons. The Balaban J connectivity index is 1.77. The second-order valence-corrected chi connectivity index (χ2v) is 9.00. The SMILES string of the molecule is Cc1coc(CN(C)C(=O)/C=C/c2cnc3c(c2)OC(C)C(=O)N3C(=O)OC(C)(C)C)c1C. The average molecular weight is 456 g/mol. The first-order valence-corrected chi connectivity index (χ1v) is 10.6. The predicted molar refractivity (Wildman–Crippen MR) is 122 cm³/mol. The Morgan fingerprint density at radius 1 is 1.30 bits per heavy atom. The highest BCUT2D eigenvalue weighted by molar-refractivity contribution is 6.15. The van der Waals surface area contributed by atoms with Gasteiger partial charge in [0.25, 0.3) is 5.91 Å². The molecule has 1 aliphatic heterocycles. The number of carbonyl (C=O) groups is 3. The summed E-state index contributed by atoms with van der Waals surface area (Å²) in [7, 11) is 1.68. The third-order valence-corrected chi connectivity index (χ3v) is 5.08. The summed E-state index contributed by atoms with van der Waals surface area (Å²) >= 11 is 0. The molecular weight excluding hydrogens is 426 g/mol. The van der Waals surface area contributed by atoms with Crippen LogP contribution in [0.4, 0.5) is 10.6 Å². The van der Waals surface area contributed by atoms with E-state index in [2.05, 4.69) is 4.98 Å². The van der Waals surface area contributed by atoms with Gasteiger partial charge in [-0.2, -0.15) is 4.90 Å². The molecule has 3 rings (SSSR count). The van der Waals surface area contributed by atoms with Gasteiger partial charge in [0.1, 0.15) is 11.4 Å². The van der Waals surface area contributed by atoms with Crippen molar-refractivity contribution in [2.75, 3.05) is 11.9 Å². The van der Waals surface area contributed by atoms with Crippen LogP contribution in [0.5, 0.6) is 5.75 Å². The molecular formula is C24H29N3O6. The fourth-order valence-corrected chi connectivity index (χ4v) is 3.11. The summed E-state index contributed by atoms with van der Waals surface area (Å²) in [5.41, 5.74) is 1.86. The number of imide groups is 1. The smallest absolute Gasteiger partial charge is 0.423 e. The number of aryl methyl sites for hydroxylation is 1. The predicted octanol–water partition coefficient (Wildman–Crippen LogP) is 4.01. The summed E-state index contributed by atoms with van der Waals surface area (Å²) in [5, 5.41) is 0. The molecule has 2 aromatic heterocycles. The number of aromatic nitrogens is 1. The van der Waals surface area contributed by atoms with Gasteiger partial charge in [0.05, 0.1) is 12.8 Å². The van der Waals surface area contributed by atoms with E-state index in [1.54, 1.807) is 53.1 Å². The minimum atomic E-state index is -0.890. The Kier molecular flexibility index (Phi) is 6.62. The molecule has 0 aromatic carbocycles. The summed E-state index contributed by atoms with van der Waals surface area (Å²) in [4.78, 5) is 44.3. The standard InChI is InChI=1S/C24H29N3O6/c1-14-13-31-19(15(14)2)12-26(7)20(28)9-8-17-10-18-21(25-11-17)27(22(29)16(3)32-18)23(30)33-24(4,5)6/h8-11,13,16H,12H2,1-7H3/b9-8+. The first-order chi connectivity index (χ1) is 15.4. The number of furan rings is 1. The number of likely N-dealkylation sites (N-methyl/N-ethyl adjacent to an activating group) is 1. The Morgan fingerprint density at radius 3 is 2.61 bits per heavy atom. The highest BCUT2D eigenvalue weighted by Gasteiger charge is 2.39. The number of carbonyl (C=O) groups excluding carboxylic acids is 3. The van der Waals surface area contributed by atoms with Gasteiger partial charge in [0.15, 0.2) is 17.7 Å². The van der Waals surface area contributed by atoms with Crippen LogP contribution in [0.15, 0.2) is 29.0 Å². The molecule has 0 saturated heterocycles. The third-order valence-electron chi connectivity index (χ3n) is 5.08. The highest BCUT2D eigenvalue weighted by Crippen LogP contribution is 2.34. The molecule has 33 heavy (non-hydrogen) atoms. The molecule has 2 aromatic rings. The molecule has 1 unspecified atom stereocenters. The number of amides is 3. The van der Waals surface area contributed by atoms with Gasteiger partial charge in [0, 0.05) is 19.3 Å². The van der Waals surface area contributed by atoms with Crippen molar-refractivity contribution in [3.05, 3.63) is 47.1 Å². The number of hydrogen-bond donors (Lipinski definition) is 0. The van der Waals surface area contributed by atoms with Gasteiger partial charge < -0.3 is 18.8 Å². The van der Waals surface area contributed by atoms with Crippen molar-refractivity contribution in [2.24, 2.45) is 0 Å². The lowest BCUT2D eigenvalue weighted by atomic mass is 10.2. The zero-order chi connectivity index (χ0) is 24.5. The number of anilines is 1. The number of nitrogens with zero attached hydrogens (tertiary/aromatic N) is 3. The Hall–Kier alpha value is -3.62. The summed E-state index contributed by atoms with van der Waals surface area (Å²) in [6.07, 6.45) is 4.42. The van der Waals surface area contributed by atoms with E-state index in [-0.39, 0.29) is 17.5 Å². The zero-order valence-corrected chi connectivity index (χ0v) is 20.0. The van der Waals surface area contributed by atoms with Crippen LogP contribution in [-0.2, 0) is 20.9 Å². The fraction of sp³-hybridized carbons (Fsp3) is 0.417. The van der Waals surface area contributed by atoms with Crippen molar-refractivity contribution in [1.29, 1.82) is 0 Å². The summed E-state index contributed by atoms with van der Waals surface area (Å²) in [6, 6.07) is 1.62. The third kappa shape index (κ3) is 5.42. The van der Waals surface area contributed by atoms with Crippen LogP contribution in [0.1, 0.15) is 50.1 Å². The van der Waals surface area contributed by atoms with Crippen LogP contribution in [0.25, 0.3) is 6.08 Å². The fourth-order valence-electron chi connectivity index (χ4n) is 3.11. The maximum atomic E-state index is 12.6. The second kappa shape index (κ2) is 9.09. The van der Waals surface area contributed by atoms with Crippen LogP contribution in [0, 0.1) is 13.8 Å². The number of fused-ring (bicyclic) bond motifs is 1. The number of rotatable bonds is 4. The minimum Gasteiger partial charge on any atom is -0.477 e. The van der Waals surface area contributed by atoms with Crippen molar-refractivity contribution < 1.29 is 28.3 Å². The van der Waals surface area contributed by atoms with Crippen molar-refractivity contribution >= 4 is 29.8 Å². The van der Waals surface area contributed by atoms with E-state index in [1.807, 2.05) is 13.8 Å². The Labute approximate surface area is 193 Å². The summed E-state index contributed by atoms with van der Waals surface area (Å²) in [6.45, 7) is 10.9. The van der Waals surface area contributed by atoms with Crippen LogP contribution >= 0.6 is 0 Å². The van der Waals surface area contributed by atoms with E-state index in [0.717, 1.165) is 21.8 Å². The van der Waals surface area contributed by atoms with Crippen LogP contribution < -0.4 is 9.64 Å². The largest absolute Gasteiger partial charge is 0.477 e. The maximum Gasteiger partial charge on any atom is 0.423 e. The lowest BCUT2D eigenvalue weighted by Gasteiger charge is -2.32. The molecule has 9 heteroatoms. The molecule has 176 valence electrons. The molecule has 0 fully saturated rings. The van der Waals surface area contributed by atoms with Crippen LogP contribution in [0.3, 0.4) is 0 Å². The highest BCUT2D eigenvalue weighted by atomic mass is 16.6. The zero-order valence-electron chi connectivity index (χ0n) is 20.0. The molecule has 3 heterocycles. The number of pyridine rings is 1. The molecule has 9 nitrogen and oxygen atoms in total. The summed E-state index contributed by atoms with van der Waals surface area (Å²) in [5.74, 6) is 0.254. The van der Waals surface area contributed by atoms with Gasteiger partial charge in [-0.25, -0.2) is 9.78 Å². The van der Waals surface area contributed by atoms with E-state index < -0.39 is 23.7 Å². The number of hydrogen-bond acceptors (Lipinski definition) is 7. The van der Waals surface area contributed by atoms with Gasteiger partial charge in [-0.3, -0.25) is 9.59 Å². The number of ether oxygens (including phenoxy) is 2. The van der Waals surface area contributed by atoms with Crippen molar-refractivity contribution in [3.8, 4) is 5.75 Å². The minimum absolute atomic E-state index is 0.0524. The first kappa shape index (κ1) is 24.0. The van der Waals surface area contributed by atoms with E-state index in [4.69, 9.17) is 13.9 Å². The van der Waals surface area contributed by atoms with Gasteiger partial charge >= 0.3 is 6.09 Å². The normalized spacial score (nSPS) is 15.9. The molecule has 0 saturated carbocycles. The summed E-state index contributed by atoms with van der Waals surface area (Å²) < 4.78 is 16.5. The molecule has 0 spiro atoms. The quantitative estimate of drug-likeness (QED) is 0.642. The topological polar surface area (TPSA) is 102 Å². The molecule has 1 aliphatic rings. The van der Waals surface area contributed by atoms with Crippen molar-refractivity contribution in [3.63, 3.8) is 0 Å². The molecule has 0 N–H and O–H groups in total. The molecule has 3 amide bonds. The van der Waals surface area contributed by atoms with Crippen LogP contribution in [0.2, 0.25) is 0 Å². The molecule has 0 bridgehead atoms. The van der Waals surface area contributed by atoms with Gasteiger partial charge in [0.2, 0.25) is 5.91 Å².